The summed E-state index contributed by atoms with van der Waals surface area (Å²) in [5.41, 5.74) is 10.6. The molecule has 0 aliphatic carbocycles. The Bertz CT molecular complexity index is 1180. The van der Waals surface area contributed by atoms with Crippen molar-refractivity contribution < 1.29 is 133 Å². The molecular formula is C32H56F2N6O12Y2-4. The van der Waals surface area contributed by atoms with Gasteiger partial charge in [0, 0.05) is 98.0 Å². The quantitative estimate of drug-likeness (QED) is 0.0646. The first kappa shape index (κ1) is 59.3. The van der Waals surface area contributed by atoms with Gasteiger partial charge >= 0.3 is 17.8 Å². The van der Waals surface area contributed by atoms with Crippen molar-refractivity contribution in [1.29, 1.82) is 10.8 Å². The Balaban J connectivity index is -0.000000391. The Labute approximate surface area is 365 Å². The number of nitrogens with two attached hydrogens (primary N) is 2. The van der Waals surface area contributed by atoms with Crippen molar-refractivity contribution >= 4 is 35.4 Å². The largest absolute Gasteiger partial charge is 0.479 e. The molecular weight excluding hydrogens is 876 g/mol. The number of hydrogen-bond acceptors (Lipinski definition) is 12. The van der Waals surface area contributed by atoms with E-state index in [1.54, 1.807) is 0 Å². The van der Waals surface area contributed by atoms with Crippen LogP contribution in [-0.4, -0.2) is 133 Å². The predicted molar refractivity (Wildman–Crippen MR) is 183 cm³/mol. The van der Waals surface area contributed by atoms with E-state index in [4.69, 9.17) is 37.2 Å². The minimum absolute atomic E-state index is 0. The van der Waals surface area contributed by atoms with Crippen LogP contribution in [0.4, 0.5) is 8.78 Å². The average Bonchev–Trinajstić information content (AvgIpc) is 3.00. The summed E-state index contributed by atoms with van der Waals surface area (Å²) in [6, 6.07) is -2.24. The van der Waals surface area contributed by atoms with Crippen LogP contribution in [0.25, 0.3) is 0 Å². The number of carboxylic acid groups (broad SMARTS) is 2. The molecule has 0 bridgehead atoms. The number of carbonyl (C=O) groups is 4. The van der Waals surface area contributed by atoms with Crippen LogP contribution in [0, 0.1) is 49.3 Å². The van der Waals surface area contributed by atoms with E-state index in [0.717, 1.165) is 6.92 Å². The number of carbonyl (C=O) groups excluding carboxylic acids is 2. The summed E-state index contributed by atoms with van der Waals surface area (Å²) in [5.74, 6) is -11.4. The first-order valence-corrected chi connectivity index (χ1v) is 16.1. The van der Waals surface area contributed by atoms with Crippen LogP contribution in [0.1, 0.15) is 60.8 Å². The third-order valence-corrected chi connectivity index (χ3v) is 7.26. The molecule has 2 amide bonds. The van der Waals surface area contributed by atoms with Crippen molar-refractivity contribution in [2.45, 2.75) is 128 Å². The Morgan fingerprint density at radius 1 is 0.852 bits per heavy atom. The molecule has 2 saturated heterocycles. The molecule has 0 spiro atoms. The molecule has 14 N–H and O–H groups in total. The molecule has 2 radical (unpaired) electrons. The van der Waals surface area contributed by atoms with Crippen LogP contribution in [0.5, 0.6) is 0 Å². The fraction of sp³-hybridized carbons (Fsp3) is 0.688. The van der Waals surface area contributed by atoms with Gasteiger partial charge in [-0.1, -0.05) is 0 Å². The smallest absolute Gasteiger partial charge is 0.372 e. The Hall–Kier alpha value is -1.35. The average molecular weight is 933 g/mol. The number of rotatable bonds is 12. The van der Waals surface area contributed by atoms with Crippen LogP contribution in [0.15, 0.2) is 0 Å². The van der Waals surface area contributed by atoms with Gasteiger partial charge in [-0.15, -0.1) is 0 Å². The molecule has 2 rings (SSSR count). The van der Waals surface area contributed by atoms with Gasteiger partial charge in [0.1, 0.15) is 12.2 Å². The van der Waals surface area contributed by atoms with Gasteiger partial charge in [-0.05, 0) is 24.5 Å². The molecule has 2 aliphatic heterocycles. The van der Waals surface area contributed by atoms with Gasteiger partial charge in [-0.25, -0.2) is 14.0 Å². The van der Waals surface area contributed by atoms with Gasteiger partial charge in [0.15, 0.2) is 12.3 Å². The maximum Gasteiger partial charge on any atom is 0.372 e. The molecule has 2 heterocycles. The zero-order valence-corrected chi connectivity index (χ0v) is 37.0. The summed E-state index contributed by atoms with van der Waals surface area (Å²) in [4.78, 5) is 45.0. The van der Waals surface area contributed by atoms with E-state index in [9.17, 15) is 48.4 Å². The van der Waals surface area contributed by atoms with Crippen molar-refractivity contribution in [2.75, 3.05) is 0 Å². The summed E-state index contributed by atoms with van der Waals surface area (Å²) >= 11 is 0. The number of hydrogen-bond donors (Lipinski definition) is 12. The minimum Gasteiger partial charge on any atom is -0.479 e. The fourth-order valence-electron chi connectivity index (χ4n) is 5.23. The van der Waals surface area contributed by atoms with Crippen molar-refractivity contribution in [1.82, 2.24) is 10.6 Å². The molecule has 0 aromatic carbocycles. The van der Waals surface area contributed by atoms with Crippen LogP contribution in [-0.2, 0) is 94.1 Å². The molecule has 2 fully saturated rings. The number of alkyl halides is 2. The molecule has 13 atom stereocenters. The van der Waals surface area contributed by atoms with Gasteiger partial charge in [-0.2, -0.15) is 32.1 Å². The van der Waals surface area contributed by atoms with Crippen LogP contribution in [0.3, 0.4) is 0 Å². The molecule has 310 valence electrons. The summed E-state index contributed by atoms with van der Waals surface area (Å²) < 4.78 is 38.9. The zero-order valence-electron chi connectivity index (χ0n) is 31.3. The first-order valence-electron chi connectivity index (χ1n) is 16.1. The Morgan fingerprint density at radius 3 is 1.57 bits per heavy atom. The summed E-state index contributed by atoms with van der Waals surface area (Å²) in [5, 5.41) is 76.3. The van der Waals surface area contributed by atoms with Gasteiger partial charge in [0.25, 0.3) is 0 Å². The molecule has 2 aliphatic rings. The molecule has 22 heteroatoms. The normalized spacial score (nSPS) is 29.2. The molecule has 0 aromatic rings. The Morgan fingerprint density at radius 2 is 1.24 bits per heavy atom. The van der Waals surface area contributed by atoms with Gasteiger partial charge in [-0.3, -0.25) is 20.4 Å². The second-order valence-corrected chi connectivity index (χ2v) is 12.2. The van der Waals surface area contributed by atoms with Crippen LogP contribution in [0.2, 0.25) is 0 Å². The number of amidine groups is 2. The van der Waals surface area contributed by atoms with Gasteiger partial charge in [0.2, 0.25) is 11.8 Å². The van der Waals surface area contributed by atoms with E-state index >= 15 is 0 Å². The number of ether oxygens (including phenoxy) is 2. The number of aliphatic hydroxyl groups is 4. The SMILES string of the molecule is C[CH-]C.C[CH-]C.[CH2-][C@@H](O)[C@@H](O)[C@@H]1O[C@@H](C(=O)O)C[C@H](CC(=N)N)[C@H]1NC(C)=O.[CH2-][C@@H](O)[C@@H](O)[C@@H]1O[C@@](F)(C(=O)O)[C@H](F)[C@H](CC(=N)N)[C@H]1NC(C)=O.[Y].[Y]. The fourth-order valence-corrected chi connectivity index (χ4v) is 5.23. The number of amides is 2. The molecule has 0 unspecified atom stereocenters. The summed E-state index contributed by atoms with van der Waals surface area (Å²) in [6.45, 7) is 16.7. The number of nitrogens with one attached hydrogen (secondary N) is 4. The van der Waals surface area contributed by atoms with Crippen molar-refractivity contribution in [3.05, 3.63) is 26.7 Å². The van der Waals surface area contributed by atoms with Crippen LogP contribution < -0.4 is 22.1 Å². The summed E-state index contributed by atoms with van der Waals surface area (Å²) in [6.07, 6.45) is -10.2. The number of aliphatic carboxylic acids is 2. The number of aliphatic hydroxyl groups excluding tert-OH is 4. The van der Waals surface area contributed by atoms with Gasteiger partial charge in [0.05, 0.1) is 36.0 Å². The van der Waals surface area contributed by atoms with E-state index in [1.165, 1.54) is 6.92 Å². The molecule has 0 saturated carbocycles. The third-order valence-electron chi connectivity index (χ3n) is 7.26. The van der Waals surface area contributed by atoms with Crippen molar-refractivity contribution in [2.24, 2.45) is 23.3 Å². The predicted octanol–water partition coefficient (Wildman–Crippen LogP) is -0.836. The number of halogens is 2. The topological polar surface area (TPSA) is 332 Å². The van der Waals surface area contributed by atoms with Crippen molar-refractivity contribution in [3.63, 3.8) is 0 Å². The zero-order chi connectivity index (χ0) is 41.3. The number of carboxylic acids is 2. The maximum absolute atomic E-state index is 14.5. The van der Waals surface area contributed by atoms with Crippen molar-refractivity contribution in [3.8, 4) is 0 Å². The van der Waals surface area contributed by atoms with E-state index < -0.39 is 115 Å². The maximum atomic E-state index is 14.5. The summed E-state index contributed by atoms with van der Waals surface area (Å²) in [7, 11) is 0. The van der Waals surface area contributed by atoms with E-state index in [1.807, 2.05) is 40.5 Å². The first-order chi connectivity index (χ1) is 23.9. The molecule has 18 nitrogen and oxygen atoms in total. The van der Waals surface area contributed by atoms with E-state index in [-0.39, 0.29) is 84.1 Å². The monoisotopic (exact) mass is 932 g/mol. The Kier molecular flexibility index (Phi) is 31.8. The molecule has 0 aromatic heterocycles. The van der Waals surface area contributed by atoms with E-state index in [2.05, 4.69) is 29.2 Å². The molecule has 54 heavy (non-hydrogen) atoms. The third kappa shape index (κ3) is 19.7. The second kappa shape index (κ2) is 29.0. The minimum atomic E-state index is -3.85. The standard InChI is InChI=1S/C13H20F2N3O6.C13H22N3O6.2C3H7.2Y/c1-4(19)9(21)10-8(18-5(2)20)6(3-7(16)17)11(14)13(15,24-10)12(22)23;1-5(17)11(19)12-10(16-6(2)18)7(4-9(14)15)3-8(22-12)13(20)21;2*1-3-2;;/h4,6,8-11,19,21H,1,3H2,2H3,(H3,16,17)(H,18,20)(H,22,23);5,7-8,10-12,17,19H,1,3-4H2,2H3,(H3,14,15)(H,16,18)(H,20,21);2*3H,1-2H3;;/q4*-1;;/t4-,6-,8-,9-,10-,11-,13-;5-,7-,8-,10-,11-,12-;;;;/m11..../s1. The van der Waals surface area contributed by atoms with Crippen LogP contribution >= 0.6 is 0 Å². The second-order valence-electron chi connectivity index (χ2n) is 12.2. The van der Waals surface area contributed by atoms with Gasteiger partial charge < -0.3 is 88.9 Å². The van der Waals surface area contributed by atoms with E-state index in [0.29, 0.717) is 0 Å².